The quantitative estimate of drug-likeness (QED) is 0.758. The van der Waals surface area contributed by atoms with Crippen LogP contribution in [0.15, 0.2) is 24.3 Å². The molecule has 1 aromatic carbocycles. The second-order valence-electron chi connectivity index (χ2n) is 3.27. The zero-order chi connectivity index (χ0) is 11.1. The number of para-hydroxylation sites is 1. The summed E-state index contributed by atoms with van der Waals surface area (Å²) < 4.78 is 5.30. The topological polar surface area (TPSA) is 21.3 Å². The van der Waals surface area contributed by atoms with E-state index in [0.717, 1.165) is 11.3 Å². The molecule has 0 saturated heterocycles. The van der Waals surface area contributed by atoms with E-state index in [1.165, 1.54) is 0 Å². The van der Waals surface area contributed by atoms with Crippen molar-refractivity contribution < 1.29 is 4.74 Å². The van der Waals surface area contributed by atoms with Gasteiger partial charge >= 0.3 is 0 Å². The third kappa shape index (κ3) is 3.30. The van der Waals surface area contributed by atoms with E-state index in [0.29, 0.717) is 6.54 Å². The van der Waals surface area contributed by atoms with Gasteiger partial charge < -0.3 is 4.74 Å². The van der Waals surface area contributed by atoms with Crippen molar-refractivity contribution in [2.45, 2.75) is 19.9 Å². The highest BCUT2D eigenvalue weighted by Gasteiger charge is 2.08. The van der Waals surface area contributed by atoms with Crippen LogP contribution in [0.4, 0.5) is 0 Å². The van der Waals surface area contributed by atoms with Crippen LogP contribution < -0.4 is 10.1 Å². The number of hydrogen-bond donors (Lipinski definition) is 1. The number of nitrogens with one attached hydrogen (secondary N) is 1. The highest BCUT2D eigenvalue weighted by molar-refractivity contribution is 5.35. The zero-order valence-corrected chi connectivity index (χ0v) is 9.50. The summed E-state index contributed by atoms with van der Waals surface area (Å²) in [7, 11) is 1.69. The summed E-state index contributed by atoms with van der Waals surface area (Å²) in [5.41, 5.74) is 1.16. The summed E-state index contributed by atoms with van der Waals surface area (Å²) in [6.45, 7) is 4.65. The fourth-order valence-corrected chi connectivity index (χ4v) is 1.43. The maximum Gasteiger partial charge on any atom is 0.123 e. The van der Waals surface area contributed by atoms with Gasteiger partial charge in [-0.25, -0.2) is 0 Å². The van der Waals surface area contributed by atoms with Gasteiger partial charge in [-0.1, -0.05) is 24.1 Å². The Morgan fingerprint density at radius 1 is 1.40 bits per heavy atom. The maximum atomic E-state index is 5.30. The molecular weight excluding hydrogens is 186 g/mol. The SMILES string of the molecule is CC#CCN[C@@H](C)c1ccccc1OC. The Labute approximate surface area is 91.6 Å². The summed E-state index contributed by atoms with van der Waals surface area (Å²) in [6.07, 6.45) is 0. The smallest absolute Gasteiger partial charge is 0.123 e. The minimum absolute atomic E-state index is 0.252. The van der Waals surface area contributed by atoms with Gasteiger partial charge in [-0.3, -0.25) is 5.32 Å². The van der Waals surface area contributed by atoms with Crippen LogP contribution in [0.3, 0.4) is 0 Å². The van der Waals surface area contributed by atoms with Crippen LogP contribution in [0.25, 0.3) is 0 Å². The molecule has 0 radical (unpaired) electrons. The van der Waals surface area contributed by atoms with Crippen molar-refractivity contribution in [2.24, 2.45) is 0 Å². The Morgan fingerprint density at radius 3 is 2.80 bits per heavy atom. The lowest BCUT2D eigenvalue weighted by Gasteiger charge is -2.15. The monoisotopic (exact) mass is 203 g/mol. The van der Waals surface area contributed by atoms with Crippen LogP contribution in [-0.2, 0) is 0 Å². The van der Waals surface area contributed by atoms with E-state index in [1.54, 1.807) is 7.11 Å². The molecule has 0 aliphatic heterocycles. The second-order valence-corrected chi connectivity index (χ2v) is 3.27. The fourth-order valence-electron chi connectivity index (χ4n) is 1.43. The number of hydrogen-bond acceptors (Lipinski definition) is 2. The first-order valence-electron chi connectivity index (χ1n) is 5.05. The van der Waals surface area contributed by atoms with Crippen LogP contribution in [0, 0.1) is 11.8 Å². The van der Waals surface area contributed by atoms with Gasteiger partial charge in [0.05, 0.1) is 13.7 Å². The van der Waals surface area contributed by atoms with Crippen molar-refractivity contribution in [2.75, 3.05) is 13.7 Å². The lowest BCUT2D eigenvalue weighted by Crippen LogP contribution is -2.19. The van der Waals surface area contributed by atoms with Crippen LogP contribution >= 0.6 is 0 Å². The first-order chi connectivity index (χ1) is 7.29. The number of benzene rings is 1. The highest BCUT2D eigenvalue weighted by atomic mass is 16.5. The summed E-state index contributed by atoms with van der Waals surface area (Å²) in [4.78, 5) is 0. The maximum absolute atomic E-state index is 5.30. The van der Waals surface area contributed by atoms with Gasteiger partial charge in [-0.15, -0.1) is 5.92 Å². The molecule has 2 nitrogen and oxygen atoms in total. The van der Waals surface area contributed by atoms with E-state index in [-0.39, 0.29) is 6.04 Å². The number of rotatable bonds is 4. The van der Waals surface area contributed by atoms with Gasteiger partial charge in [0.25, 0.3) is 0 Å². The Kier molecular flexibility index (Phi) is 4.73. The van der Waals surface area contributed by atoms with Crippen molar-refractivity contribution >= 4 is 0 Å². The average Bonchev–Trinajstić information content (AvgIpc) is 2.29. The van der Waals surface area contributed by atoms with Crippen LogP contribution in [0.5, 0.6) is 5.75 Å². The predicted octanol–water partition coefficient (Wildman–Crippen LogP) is 2.37. The van der Waals surface area contributed by atoms with Gasteiger partial charge in [-0.2, -0.15) is 0 Å². The third-order valence-electron chi connectivity index (χ3n) is 2.28. The van der Waals surface area contributed by atoms with Crippen molar-refractivity contribution in [1.29, 1.82) is 0 Å². The molecule has 0 saturated carbocycles. The lowest BCUT2D eigenvalue weighted by atomic mass is 10.1. The second kappa shape index (κ2) is 6.10. The van der Waals surface area contributed by atoms with Crippen LogP contribution in [-0.4, -0.2) is 13.7 Å². The van der Waals surface area contributed by atoms with Gasteiger partial charge in [0.1, 0.15) is 5.75 Å². The van der Waals surface area contributed by atoms with E-state index >= 15 is 0 Å². The Morgan fingerprint density at radius 2 is 2.13 bits per heavy atom. The molecule has 1 atom stereocenters. The molecule has 1 rings (SSSR count). The minimum atomic E-state index is 0.252. The average molecular weight is 203 g/mol. The van der Waals surface area contributed by atoms with Crippen molar-refractivity contribution in [3.05, 3.63) is 29.8 Å². The molecule has 0 unspecified atom stereocenters. The molecule has 0 bridgehead atoms. The van der Waals surface area contributed by atoms with Gasteiger partial charge in [-0.05, 0) is 19.9 Å². The van der Waals surface area contributed by atoms with Crippen LogP contribution in [0.2, 0.25) is 0 Å². The molecule has 0 aliphatic rings. The van der Waals surface area contributed by atoms with E-state index in [1.807, 2.05) is 25.1 Å². The lowest BCUT2D eigenvalue weighted by molar-refractivity contribution is 0.403. The standard InChI is InChI=1S/C13H17NO/c1-4-5-10-14-11(2)12-8-6-7-9-13(12)15-3/h6-9,11,14H,10H2,1-3H3/t11-/m0/s1. The molecule has 0 amide bonds. The van der Waals surface area contributed by atoms with E-state index < -0.39 is 0 Å². The Balaban J connectivity index is 2.70. The summed E-state index contributed by atoms with van der Waals surface area (Å²) in [5.74, 6) is 6.76. The molecule has 2 heteroatoms. The largest absolute Gasteiger partial charge is 0.496 e. The van der Waals surface area contributed by atoms with E-state index in [4.69, 9.17) is 4.74 Å². The Hall–Kier alpha value is -1.46. The minimum Gasteiger partial charge on any atom is -0.496 e. The predicted molar refractivity (Wildman–Crippen MR) is 62.9 cm³/mol. The van der Waals surface area contributed by atoms with Gasteiger partial charge in [0, 0.05) is 11.6 Å². The summed E-state index contributed by atoms with van der Waals surface area (Å²) in [5, 5.41) is 3.32. The fraction of sp³-hybridized carbons (Fsp3) is 0.385. The molecule has 1 N–H and O–H groups in total. The highest BCUT2D eigenvalue weighted by Crippen LogP contribution is 2.23. The number of methoxy groups -OCH3 is 1. The summed E-state index contributed by atoms with van der Waals surface area (Å²) in [6, 6.07) is 8.28. The molecule has 15 heavy (non-hydrogen) atoms. The van der Waals surface area contributed by atoms with Crippen molar-refractivity contribution in [1.82, 2.24) is 5.32 Å². The normalized spacial score (nSPS) is 11.4. The first kappa shape index (κ1) is 11.6. The van der Waals surface area contributed by atoms with E-state index in [2.05, 4.69) is 30.1 Å². The molecular formula is C13H17NO. The summed E-state index contributed by atoms with van der Waals surface area (Å²) >= 11 is 0. The van der Waals surface area contributed by atoms with Crippen LogP contribution in [0.1, 0.15) is 25.5 Å². The molecule has 0 fully saturated rings. The molecule has 0 aliphatic carbocycles. The molecule has 80 valence electrons. The molecule has 0 aromatic heterocycles. The number of ether oxygens (including phenoxy) is 1. The van der Waals surface area contributed by atoms with Crippen molar-refractivity contribution in [3.8, 4) is 17.6 Å². The molecule has 1 aromatic rings. The molecule has 0 spiro atoms. The molecule has 0 heterocycles. The zero-order valence-electron chi connectivity index (χ0n) is 9.50. The first-order valence-corrected chi connectivity index (χ1v) is 5.05. The van der Waals surface area contributed by atoms with Crippen molar-refractivity contribution in [3.63, 3.8) is 0 Å². The van der Waals surface area contributed by atoms with E-state index in [9.17, 15) is 0 Å². The van der Waals surface area contributed by atoms with Gasteiger partial charge in [0.2, 0.25) is 0 Å². The third-order valence-corrected chi connectivity index (χ3v) is 2.28. The Bertz CT molecular complexity index is 362. The van der Waals surface area contributed by atoms with Gasteiger partial charge in [0.15, 0.2) is 0 Å².